The molecule has 3 aromatic rings. The molecule has 4 heteroatoms. The first-order chi connectivity index (χ1) is 8.75. The van der Waals surface area contributed by atoms with Crippen molar-refractivity contribution in [2.75, 3.05) is 5.73 Å². The van der Waals surface area contributed by atoms with E-state index in [2.05, 4.69) is 10.2 Å². The largest absolute Gasteiger partial charge is 0.382 e. The molecule has 0 aliphatic heterocycles. The average molecular weight is 256 g/mol. The molecular formula is C14H10ClN3. The summed E-state index contributed by atoms with van der Waals surface area (Å²) in [5, 5.41) is 10.7. The number of rotatable bonds is 1. The fraction of sp³-hybridized carbons (Fsp3) is 0. The molecule has 0 fully saturated rings. The lowest BCUT2D eigenvalue weighted by Crippen LogP contribution is -1.97. The highest BCUT2D eigenvalue weighted by Gasteiger charge is 2.08. The minimum Gasteiger partial charge on any atom is -0.382 e. The molecule has 0 atom stereocenters. The smallest absolute Gasteiger partial charge is 0.154 e. The van der Waals surface area contributed by atoms with Gasteiger partial charge in [-0.05, 0) is 12.1 Å². The van der Waals surface area contributed by atoms with Gasteiger partial charge in [0.05, 0.1) is 0 Å². The van der Waals surface area contributed by atoms with Crippen LogP contribution in [0.1, 0.15) is 0 Å². The average Bonchev–Trinajstić information content (AvgIpc) is 2.39. The van der Waals surface area contributed by atoms with Gasteiger partial charge in [-0.2, -0.15) is 0 Å². The number of fused-ring (bicyclic) bond motifs is 1. The van der Waals surface area contributed by atoms with Gasteiger partial charge in [-0.25, -0.2) is 0 Å². The van der Waals surface area contributed by atoms with E-state index in [4.69, 9.17) is 17.3 Å². The first kappa shape index (κ1) is 11.0. The molecule has 0 spiro atoms. The van der Waals surface area contributed by atoms with Gasteiger partial charge in [-0.15, -0.1) is 10.2 Å². The molecule has 3 nitrogen and oxygen atoms in total. The number of anilines is 1. The fourth-order valence-corrected chi connectivity index (χ4v) is 2.16. The third-order valence-corrected chi connectivity index (χ3v) is 3.05. The van der Waals surface area contributed by atoms with Crippen LogP contribution in [0.4, 0.5) is 5.82 Å². The molecule has 2 aromatic carbocycles. The number of nitrogen functional groups attached to an aromatic ring is 1. The Kier molecular flexibility index (Phi) is 2.61. The molecule has 0 aliphatic carbocycles. The van der Waals surface area contributed by atoms with E-state index >= 15 is 0 Å². The molecule has 3 rings (SSSR count). The van der Waals surface area contributed by atoms with Gasteiger partial charge >= 0.3 is 0 Å². The molecule has 0 unspecified atom stereocenters. The van der Waals surface area contributed by atoms with Crippen molar-refractivity contribution in [2.24, 2.45) is 0 Å². The third-order valence-electron chi connectivity index (χ3n) is 2.81. The Labute approximate surface area is 109 Å². The van der Waals surface area contributed by atoms with E-state index in [0.29, 0.717) is 10.8 Å². The van der Waals surface area contributed by atoms with E-state index < -0.39 is 0 Å². The van der Waals surface area contributed by atoms with Gasteiger partial charge < -0.3 is 5.73 Å². The maximum Gasteiger partial charge on any atom is 0.154 e. The molecule has 0 saturated carbocycles. The zero-order chi connectivity index (χ0) is 12.5. The Hall–Kier alpha value is -2.13. The third kappa shape index (κ3) is 1.79. The zero-order valence-electron chi connectivity index (χ0n) is 9.47. The standard InChI is InChI=1S/C14H10ClN3/c15-10-5-3-4-9(8-10)13-11-6-1-2-7-12(11)14(16)18-17-13/h1-8H,(H2,16,18). The van der Waals surface area contributed by atoms with Gasteiger partial charge in [-0.1, -0.05) is 48.0 Å². The van der Waals surface area contributed by atoms with E-state index in [1.807, 2.05) is 48.5 Å². The van der Waals surface area contributed by atoms with Crippen LogP contribution in [0.3, 0.4) is 0 Å². The molecule has 0 bridgehead atoms. The van der Waals surface area contributed by atoms with Gasteiger partial charge in [0.2, 0.25) is 0 Å². The Balaban J connectivity index is 2.33. The molecule has 0 saturated heterocycles. The number of aromatic nitrogens is 2. The molecular weight excluding hydrogens is 246 g/mol. The second-order valence-corrected chi connectivity index (χ2v) is 4.43. The molecule has 0 radical (unpaired) electrons. The highest BCUT2D eigenvalue weighted by Crippen LogP contribution is 2.29. The number of hydrogen-bond donors (Lipinski definition) is 1. The number of hydrogen-bond acceptors (Lipinski definition) is 3. The zero-order valence-corrected chi connectivity index (χ0v) is 10.2. The number of halogens is 1. The molecule has 18 heavy (non-hydrogen) atoms. The topological polar surface area (TPSA) is 51.8 Å². The van der Waals surface area contributed by atoms with Crippen molar-refractivity contribution in [1.29, 1.82) is 0 Å². The molecule has 1 heterocycles. The minimum absolute atomic E-state index is 0.441. The first-order valence-electron chi connectivity index (χ1n) is 5.52. The van der Waals surface area contributed by atoms with Gasteiger partial charge in [0, 0.05) is 21.4 Å². The monoisotopic (exact) mass is 255 g/mol. The second kappa shape index (κ2) is 4.27. The van der Waals surface area contributed by atoms with Gasteiger partial charge in [0.25, 0.3) is 0 Å². The maximum atomic E-state index is 6.00. The van der Waals surface area contributed by atoms with E-state index in [1.54, 1.807) is 0 Å². The van der Waals surface area contributed by atoms with Crippen LogP contribution >= 0.6 is 11.6 Å². The lowest BCUT2D eigenvalue weighted by molar-refractivity contribution is 1.07. The van der Waals surface area contributed by atoms with E-state index in [1.165, 1.54) is 0 Å². The Bertz CT molecular complexity index is 725. The van der Waals surface area contributed by atoms with Crippen molar-refractivity contribution in [1.82, 2.24) is 10.2 Å². The van der Waals surface area contributed by atoms with Crippen LogP contribution in [0.5, 0.6) is 0 Å². The summed E-state index contributed by atoms with van der Waals surface area (Å²) in [5.41, 5.74) is 7.56. The van der Waals surface area contributed by atoms with Gasteiger partial charge in [-0.3, -0.25) is 0 Å². The fourth-order valence-electron chi connectivity index (χ4n) is 1.97. The summed E-state index contributed by atoms with van der Waals surface area (Å²) in [7, 11) is 0. The quantitative estimate of drug-likeness (QED) is 0.724. The highest BCUT2D eigenvalue weighted by atomic mass is 35.5. The Morgan fingerprint density at radius 2 is 1.67 bits per heavy atom. The van der Waals surface area contributed by atoms with E-state index in [-0.39, 0.29) is 0 Å². The SMILES string of the molecule is Nc1nnc(-c2cccc(Cl)c2)c2ccccc12. The molecule has 88 valence electrons. The second-order valence-electron chi connectivity index (χ2n) is 3.99. The summed E-state index contributed by atoms with van der Waals surface area (Å²) >= 11 is 6.00. The van der Waals surface area contributed by atoms with E-state index in [9.17, 15) is 0 Å². The Morgan fingerprint density at radius 3 is 2.44 bits per heavy atom. The summed E-state index contributed by atoms with van der Waals surface area (Å²) in [6.45, 7) is 0. The molecule has 2 N–H and O–H groups in total. The lowest BCUT2D eigenvalue weighted by atomic mass is 10.0. The summed E-state index contributed by atoms with van der Waals surface area (Å²) < 4.78 is 0. The first-order valence-corrected chi connectivity index (χ1v) is 5.90. The highest BCUT2D eigenvalue weighted by molar-refractivity contribution is 6.30. The van der Waals surface area contributed by atoms with Crippen LogP contribution in [0.25, 0.3) is 22.0 Å². The van der Waals surface area contributed by atoms with Crippen LogP contribution in [0.2, 0.25) is 5.02 Å². The van der Waals surface area contributed by atoms with Crippen LogP contribution in [0, 0.1) is 0 Å². The predicted molar refractivity (Wildman–Crippen MR) is 74.4 cm³/mol. The van der Waals surface area contributed by atoms with Crippen molar-refractivity contribution >= 4 is 28.2 Å². The summed E-state index contributed by atoms with van der Waals surface area (Å²) in [4.78, 5) is 0. The Morgan fingerprint density at radius 1 is 0.889 bits per heavy atom. The van der Waals surface area contributed by atoms with Crippen LogP contribution in [-0.2, 0) is 0 Å². The van der Waals surface area contributed by atoms with Crippen molar-refractivity contribution in [3.8, 4) is 11.3 Å². The van der Waals surface area contributed by atoms with Crippen LogP contribution in [-0.4, -0.2) is 10.2 Å². The van der Waals surface area contributed by atoms with Crippen molar-refractivity contribution in [3.63, 3.8) is 0 Å². The summed E-state index contributed by atoms with van der Waals surface area (Å²) in [5.74, 6) is 0.441. The maximum absolute atomic E-state index is 6.00. The van der Waals surface area contributed by atoms with Crippen LogP contribution in [0.15, 0.2) is 48.5 Å². The number of nitrogens with two attached hydrogens (primary N) is 1. The van der Waals surface area contributed by atoms with Crippen molar-refractivity contribution in [2.45, 2.75) is 0 Å². The number of nitrogens with zero attached hydrogens (tertiary/aromatic N) is 2. The van der Waals surface area contributed by atoms with Crippen LogP contribution < -0.4 is 5.73 Å². The van der Waals surface area contributed by atoms with Crippen molar-refractivity contribution in [3.05, 3.63) is 53.6 Å². The van der Waals surface area contributed by atoms with E-state index in [0.717, 1.165) is 22.0 Å². The molecule has 0 amide bonds. The minimum atomic E-state index is 0.441. The summed E-state index contributed by atoms with van der Waals surface area (Å²) in [6, 6.07) is 15.4. The predicted octanol–water partition coefficient (Wildman–Crippen LogP) is 3.53. The summed E-state index contributed by atoms with van der Waals surface area (Å²) in [6.07, 6.45) is 0. The normalized spacial score (nSPS) is 10.7. The van der Waals surface area contributed by atoms with Crippen molar-refractivity contribution < 1.29 is 0 Å². The lowest BCUT2D eigenvalue weighted by Gasteiger charge is -2.06. The molecule has 0 aliphatic rings. The molecule has 1 aromatic heterocycles. The number of benzene rings is 2. The van der Waals surface area contributed by atoms with Gasteiger partial charge in [0.1, 0.15) is 5.69 Å². The van der Waals surface area contributed by atoms with Gasteiger partial charge in [0.15, 0.2) is 5.82 Å².